The molecule has 1 aliphatic heterocycles. The van der Waals surface area contributed by atoms with Gasteiger partial charge in [-0.1, -0.05) is 49.3 Å². The molecule has 1 atom stereocenters. The van der Waals surface area contributed by atoms with E-state index in [1.54, 1.807) is 17.3 Å². The number of nitrogens with zero attached hydrogens (tertiary/aromatic N) is 4. The average molecular weight is 378 g/mol. The number of hydrogen-bond donors (Lipinski definition) is 0. The second-order valence-corrected chi connectivity index (χ2v) is 7.06. The Morgan fingerprint density at radius 3 is 2.75 bits per heavy atom. The quantitative estimate of drug-likeness (QED) is 0.691. The van der Waals surface area contributed by atoms with E-state index in [0.717, 1.165) is 11.1 Å². The Labute approximate surface area is 163 Å². The van der Waals surface area contributed by atoms with Gasteiger partial charge < -0.3 is 14.2 Å². The van der Waals surface area contributed by atoms with Crippen LogP contribution in [0.5, 0.6) is 0 Å². The summed E-state index contributed by atoms with van der Waals surface area (Å²) in [6.45, 7) is 5.25. The number of rotatable bonds is 4. The molecular weight excluding hydrogens is 356 g/mol. The predicted molar refractivity (Wildman–Crippen MR) is 103 cm³/mol. The molecule has 1 amide bonds. The third kappa shape index (κ3) is 3.66. The van der Waals surface area contributed by atoms with E-state index in [0.29, 0.717) is 37.0 Å². The first-order valence-corrected chi connectivity index (χ1v) is 9.36. The number of aromatic nitrogens is 3. The van der Waals surface area contributed by atoms with E-state index in [9.17, 15) is 4.79 Å². The van der Waals surface area contributed by atoms with Crippen LogP contribution in [-0.4, -0.2) is 45.7 Å². The number of amides is 1. The molecule has 0 saturated carbocycles. The molecule has 0 bridgehead atoms. The van der Waals surface area contributed by atoms with Gasteiger partial charge in [-0.2, -0.15) is 4.98 Å². The molecule has 2 aromatic heterocycles. The van der Waals surface area contributed by atoms with Gasteiger partial charge in [0.15, 0.2) is 5.82 Å². The summed E-state index contributed by atoms with van der Waals surface area (Å²) in [6, 6.07) is 11.4. The van der Waals surface area contributed by atoms with Crippen LogP contribution in [0.4, 0.5) is 0 Å². The standard InChI is InChI=1S/C21H22N4O3/c1-14(2)20-23-19(24-28-20)18-13-27-9-8-25(18)21(26)17-10-16(11-22-12-17)15-6-4-3-5-7-15/h3-7,10-12,14,18H,8-9,13H2,1-2H3/t18-/m1/s1. The molecule has 1 aliphatic rings. The molecule has 28 heavy (non-hydrogen) atoms. The molecule has 1 fully saturated rings. The van der Waals surface area contributed by atoms with Crippen LogP contribution < -0.4 is 0 Å². The highest BCUT2D eigenvalue weighted by molar-refractivity contribution is 5.95. The minimum atomic E-state index is -0.377. The first kappa shape index (κ1) is 18.3. The molecule has 7 heteroatoms. The van der Waals surface area contributed by atoms with Gasteiger partial charge in [-0.05, 0) is 11.6 Å². The molecule has 1 aromatic carbocycles. The molecule has 0 aliphatic carbocycles. The van der Waals surface area contributed by atoms with Gasteiger partial charge in [0.1, 0.15) is 6.04 Å². The molecule has 3 aromatic rings. The number of ether oxygens (including phenoxy) is 1. The Bertz CT molecular complexity index is 955. The molecule has 0 radical (unpaired) electrons. The van der Waals surface area contributed by atoms with Crippen molar-refractivity contribution in [1.29, 1.82) is 0 Å². The van der Waals surface area contributed by atoms with Crippen LogP contribution >= 0.6 is 0 Å². The predicted octanol–water partition coefficient (Wildman–Crippen LogP) is 3.47. The summed E-state index contributed by atoms with van der Waals surface area (Å²) < 4.78 is 10.9. The van der Waals surface area contributed by atoms with Gasteiger partial charge in [-0.15, -0.1) is 0 Å². The van der Waals surface area contributed by atoms with Crippen molar-refractivity contribution < 1.29 is 14.1 Å². The lowest BCUT2D eigenvalue weighted by atomic mass is 10.1. The minimum Gasteiger partial charge on any atom is -0.377 e. The van der Waals surface area contributed by atoms with Gasteiger partial charge in [0, 0.05) is 30.4 Å². The maximum Gasteiger partial charge on any atom is 0.256 e. The minimum absolute atomic E-state index is 0.116. The molecule has 1 saturated heterocycles. The molecule has 144 valence electrons. The topological polar surface area (TPSA) is 81.4 Å². The highest BCUT2D eigenvalue weighted by atomic mass is 16.5. The third-order valence-electron chi connectivity index (χ3n) is 4.73. The molecule has 3 heterocycles. The highest BCUT2D eigenvalue weighted by Crippen LogP contribution is 2.26. The van der Waals surface area contributed by atoms with E-state index < -0.39 is 0 Å². The van der Waals surface area contributed by atoms with Crippen molar-refractivity contribution in [1.82, 2.24) is 20.0 Å². The maximum atomic E-state index is 13.3. The number of carbonyl (C=O) groups excluding carboxylic acids is 1. The third-order valence-corrected chi connectivity index (χ3v) is 4.73. The van der Waals surface area contributed by atoms with Crippen LogP contribution in [0.25, 0.3) is 11.1 Å². The van der Waals surface area contributed by atoms with Crippen LogP contribution in [0.3, 0.4) is 0 Å². The van der Waals surface area contributed by atoms with E-state index in [-0.39, 0.29) is 17.9 Å². The van der Waals surface area contributed by atoms with E-state index in [1.807, 2.05) is 50.2 Å². The fourth-order valence-electron chi connectivity index (χ4n) is 3.19. The summed E-state index contributed by atoms with van der Waals surface area (Å²) in [4.78, 5) is 23.7. The van der Waals surface area contributed by atoms with Gasteiger partial charge in [0.05, 0.1) is 18.8 Å². The SMILES string of the molecule is CC(C)c1nc([C@H]2COCCN2C(=O)c2cncc(-c3ccccc3)c2)no1. The number of carbonyl (C=O) groups is 1. The van der Waals surface area contributed by atoms with Crippen LogP contribution in [0.1, 0.15) is 47.9 Å². The molecule has 4 rings (SSSR count). The van der Waals surface area contributed by atoms with Crippen molar-refractivity contribution in [2.24, 2.45) is 0 Å². The second-order valence-electron chi connectivity index (χ2n) is 7.06. The molecule has 0 unspecified atom stereocenters. The zero-order valence-electron chi connectivity index (χ0n) is 15.9. The normalized spacial score (nSPS) is 17.1. The summed E-state index contributed by atoms with van der Waals surface area (Å²) in [6.07, 6.45) is 3.36. The Kier molecular flexibility index (Phi) is 5.16. The Morgan fingerprint density at radius 1 is 1.18 bits per heavy atom. The smallest absolute Gasteiger partial charge is 0.256 e. The fraction of sp³-hybridized carbons (Fsp3) is 0.333. The number of morpholine rings is 1. The lowest BCUT2D eigenvalue weighted by Gasteiger charge is -2.33. The summed E-state index contributed by atoms with van der Waals surface area (Å²) in [5.74, 6) is 1.04. The van der Waals surface area contributed by atoms with E-state index in [2.05, 4.69) is 15.1 Å². The van der Waals surface area contributed by atoms with Crippen molar-refractivity contribution in [3.8, 4) is 11.1 Å². The van der Waals surface area contributed by atoms with Gasteiger partial charge in [0.25, 0.3) is 5.91 Å². The number of pyridine rings is 1. The van der Waals surface area contributed by atoms with Crippen molar-refractivity contribution in [3.05, 3.63) is 66.1 Å². The first-order chi connectivity index (χ1) is 13.6. The van der Waals surface area contributed by atoms with Crippen molar-refractivity contribution in [3.63, 3.8) is 0 Å². The second kappa shape index (κ2) is 7.90. The average Bonchev–Trinajstić information content (AvgIpc) is 3.24. The molecule has 0 N–H and O–H groups in total. The van der Waals surface area contributed by atoms with Gasteiger partial charge in [0.2, 0.25) is 5.89 Å². The summed E-state index contributed by atoms with van der Waals surface area (Å²) in [5.41, 5.74) is 2.45. The highest BCUT2D eigenvalue weighted by Gasteiger charge is 2.33. The zero-order chi connectivity index (χ0) is 19.5. The number of benzene rings is 1. The maximum absolute atomic E-state index is 13.3. The Balaban J connectivity index is 1.62. The van der Waals surface area contributed by atoms with Gasteiger partial charge in [-0.3, -0.25) is 9.78 Å². The van der Waals surface area contributed by atoms with Gasteiger partial charge >= 0.3 is 0 Å². The monoisotopic (exact) mass is 378 g/mol. The van der Waals surface area contributed by atoms with Crippen molar-refractivity contribution >= 4 is 5.91 Å². The Hall–Kier alpha value is -3.06. The van der Waals surface area contributed by atoms with E-state index in [4.69, 9.17) is 9.26 Å². The van der Waals surface area contributed by atoms with Crippen LogP contribution in [0.2, 0.25) is 0 Å². The molecular formula is C21H22N4O3. The lowest BCUT2D eigenvalue weighted by molar-refractivity contribution is -0.00578. The molecule has 0 spiro atoms. The first-order valence-electron chi connectivity index (χ1n) is 9.36. The number of hydrogen-bond acceptors (Lipinski definition) is 6. The lowest BCUT2D eigenvalue weighted by Crippen LogP contribution is -2.43. The van der Waals surface area contributed by atoms with E-state index in [1.165, 1.54) is 0 Å². The van der Waals surface area contributed by atoms with Gasteiger partial charge in [-0.25, -0.2) is 0 Å². The Morgan fingerprint density at radius 2 is 2.00 bits per heavy atom. The van der Waals surface area contributed by atoms with Crippen LogP contribution in [0.15, 0.2) is 53.3 Å². The summed E-state index contributed by atoms with van der Waals surface area (Å²) in [5, 5.41) is 4.08. The summed E-state index contributed by atoms with van der Waals surface area (Å²) >= 11 is 0. The van der Waals surface area contributed by atoms with Crippen LogP contribution in [-0.2, 0) is 4.74 Å². The molecule has 7 nitrogen and oxygen atoms in total. The largest absolute Gasteiger partial charge is 0.377 e. The zero-order valence-corrected chi connectivity index (χ0v) is 15.9. The van der Waals surface area contributed by atoms with E-state index >= 15 is 0 Å². The van der Waals surface area contributed by atoms with Crippen molar-refractivity contribution in [2.75, 3.05) is 19.8 Å². The fourth-order valence-corrected chi connectivity index (χ4v) is 3.19. The van der Waals surface area contributed by atoms with Crippen LogP contribution in [0, 0.1) is 0 Å². The van der Waals surface area contributed by atoms with Crippen molar-refractivity contribution in [2.45, 2.75) is 25.8 Å². The summed E-state index contributed by atoms with van der Waals surface area (Å²) in [7, 11) is 0.